The van der Waals surface area contributed by atoms with Gasteiger partial charge in [0.25, 0.3) is 0 Å². The van der Waals surface area contributed by atoms with Crippen molar-refractivity contribution in [2.45, 2.75) is 20.3 Å². The van der Waals surface area contributed by atoms with Crippen molar-refractivity contribution in [2.75, 3.05) is 5.73 Å². The fourth-order valence-electron chi connectivity index (χ4n) is 1.60. The molecule has 0 aliphatic heterocycles. The molecule has 0 aliphatic carbocycles. The molecular formula is C13H14ClN3O. The van der Waals surface area contributed by atoms with E-state index >= 15 is 0 Å². The Morgan fingerprint density at radius 1 is 1.28 bits per heavy atom. The fraction of sp³-hybridized carbons (Fsp3) is 0.231. The van der Waals surface area contributed by atoms with Crippen molar-refractivity contribution in [3.63, 3.8) is 0 Å². The van der Waals surface area contributed by atoms with Gasteiger partial charge in [-0.25, -0.2) is 4.98 Å². The van der Waals surface area contributed by atoms with Crippen LogP contribution in [0.1, 0.15) is 18.3 Å². The van der Waals surface area contributed by atoms with Crippen molar-refractivity contribution in [3.8, 4) is 11.6 Å². The summed E-state index contributed by atoms with van der Waals surface area (Å²) < 4.78 is 5.68. The molecule has 0 atom stereocenters. The van der Waals surface area contributed by atoms with Crippen molar-refractivity contribution >= 4 is 17.3 Å². The second-order valence-corrected chi connectivity index (χ2v) is 4.30. The minimum Gasteiger partial charge on any atom is -0.437 e. The maximum atomic E-state index is 5.83. The summed E-state index contributed by atoms with van der Waals surface area (Å²) in [6.45, 7) is 3.97. The third-order valence-corrected chi connectivity index (χ3v) is 2.61. The van der Waals surface area contributed by atoms with E-state index in [4.69, 9.17) is 22.1 Å². The van der Waals surface area contributed by atoms with E-state index in [0.29, 0.717) is 22.5 Å². The molecule has 2 aromatic rings. The van der Waals surface area contributed by atoms with Crippen molar-refractivity contribution in [3.05, 3.63) is 40.8 Å². The van der Waals surface area contributed by atoms with Crippen molar-refractivity contribution in [1.29, 1.82) is 0 Å². The Morgan fingerprint density at radius 2 is 2.06 bits per heavy atom. The van der Waals surface area contributed by atoms with Gasteiger partial charge < -0.3 is 10.5 Å². The van der Waals surface area contributed by atoms with Crippen molar-refractivity contribution < 1.29 is 4.74 Å². The summed E-state index contributed by atoms with van der Waals surface area (Å²) in [5, 5.41) is 0.308. The quantitative estimate of drug-likeness (QED) is 0.863. The average molecular weight is 264 g/mol. The maximum absolute atomic E-state index is 5.83. The maximum Gasteiger partial charge on any atom is 0.222 e. The first-order valence-electron chi connectivity index (χ1n) is 5.66. The van der Waals surface area contributed by atoms with Gasteiger partial charge in [0.1, 0.15) is 5.15 Å². The van der Waals surface area contributed by atoms with Crippen LogP contribution < -0.4 is 10.5 Å². The molecule has 2 N–H and O–H groups in total. The van der Waals surface area contributed by atoms with Crippen LogP contribution in [-0.2, 0) is 6.42 Å². The highest BCUT2D eigenvalue weighted by atomic mass is 35.5. The Labute approximate surface area is 111 Å². The molecule has 0 aromatic carbocycles. The summed E-state index contributed by atoms with van der Waals surface area (Å²) in [6.07, 6.45) is 0.785. The summed E-state index contributed by atoms with van der Waals surface area (Å²) in [4.78, 5) is 8.48. The van der Waals surface area contributed by atoms with Gasteiger partial charge in [-0.2, -0.15) is 0 Å². The standard InChI is InChI=1S/C13H14ClN3O/c1-3-10-11(5-4-8(2)16-10)18-13-7-9(15)6-12(14)17-13/h4-7H,3H2,1-2H3,(H2,15,17). The smallest absolute Gasteiger partial charge is 0.222 e. The van der Waals surface area contributed by atoms with E-state index in [-0.39, 0.29) is 0 Å². The number of hydrogen-bond donors (Lipinski definition) is 1. The summed E-state index contributed by atoms with van der Waals surface area (Å²) in [7, 11) is 0. The van der Waals surface area contributed by atoms with Gasteiger partial charge in [0, 0.05) is 17.4 Å². The first kappa shape index (κ1) is 12.6. The number of hydrogen-bond acceptors (Lipinski definition) is 4. The van der Waals surface area contributed by atoms with Gasteiger partial charge in [0.15, 0.2) is 5.75 Å². The van der Waals surface area contributed by atoms with E-state index in [1.165, 1.54) is 0 Å². The number of rotatable bonds is 3. The zero-order valence-corrected chi connectivity index (χ0v) is 11.0. The lowest BCUT2D eigenvalue weighted by atomic mass is 10.2. The Balaban J connectivity index is 2.33. The molecule has 2 rings (SSSR count). The van der Waals surface area contributed by atoms with Crippen LogP contribution in [0.5, 0.6) is 11.6 Å². The Kier molecular flexibility index (Phi) is 3.67. The van der Waals surface area contributed by atoms with Gasteiger partial charge in [-0.05, 0) is 31.5 Å². The molecule has 0 aliphatic rings. The van der Waals surface area contributed by atoms with Crippen molar-refractivity contribution in [1.82, 2.24) is 9.97 Å². The predicted molar refractivity (Wildman–Crippen MR) is 72.1 cm³/mol. The molecule has 0 spiro atoms. The highest BCUT2D eigenvalue weighted by molar-refractivity contribution is 6.29. The van der Waals surface area contributed by atoms with Gasteiger partial charge >= 0.3 is 0 Å². The summed E-state index contributed by atoms with van der Waals surface area (Å²) in [6, 6.07) is 6.97. The molecule has 0 amide bonds. The third-order valence-electron chi connectivity index (χ3n) is 2.41. The van der Waals surface area contributed by atoms with Gasteiger partial charge in [-0.1, -0.05) is 18.5 Å². The monoisotopic (exact) mass is 263 g/mol. The Hall–Kier alpha value is -1.81. The van der Waals surface area contributed by atoms with Crippen LogP contribution in [0.2, 0.25) is 5.15 Å². The largest absolute Gasteiger partial charge is 0.437 e. The van der Waals surface area contributed by atoms with E-state index < -0.39 is 0 Å². The molecule has 0 fully saturated rings. The Morgan fingerprint density at radius 3 is 2.72 bits per heavy atom. The molecule has 2 aromatic heterocycles. The molecule has 2 heterocycles. The van der Waals surface area contributed by atoms with Crippen molar-refractivity contribution in [2.24, 2.45) is 0 Å². The van der Waals surface area contributed by atoms with E-state index in [1.807, 2.05) is 26.0 Å². The predicted octanol–water partition coefficient (Wildman–Crippen LogP) is 3.38. The van der Waals surface area contributed by atoms with Gasteiger partial charge in [-0.3, -0.25) is 4.98 Å². The number of halogens is 1. The summed E-state index contributed by atoms with van der Waals surface area (Å²) >= 11 is 5.83. The normalized spacial score (nSPS) is 10.4. The zero-order chi connectivity index (χ0) is 13.1. The highest BCUT2D eigenvalue weighted by Gasteiger charge is 2.07. The van der Waals surface area contributed by atoms with E-state index in [0.717, 1.165) is 17.8 Å². The van der Waals surface area contributed by atoms with Crippen LogP contribution in [-0.4, -0.2) is 9.97 Å². The lowest BCUT2D eigenvalue weighted by molar-refractivity contribution is 0.454. The SMILES string of the molecule is CCc1nc(C)ccc1Oc1cc(N)cc(Cl)n1. The molecule has 0 saturated carbocycles. The molecule has 94 valence electrons. The molecule has 0 radical (unpaired) electrons. The van der Waals surface area contributed by atoms with E-state index in [1.54, 1.807) is 12.1 Å². The average Bonchev–Trinajstić information content (AvgIpc) is 2.30. The van der Waals surface area contributed by atoms with Crippen LogP contribution in [0, 0.1) is 6.92 Å². The number of aromatic nitrogens is 2. The minimum atomic E-state index is 0.308. The minimum absolute atomic E-state index is 0.308. The number of nitrogen functional groups attached to an aromatic ring is 1. The highest BCUT2D eigenvalue weighted by Crippen LogP contribution is 2.26. The fourth-order valence-corrected chi connectivity index (χ4v) is 1.81. The number of pyridine rings is 2. The van der Waals surface area contributed by atoms with E-state index in [2.05, 4.69) is 9.97 Å². The number of aryl methyl sites for hydroxylation is 2. The van der Waals surface area contributed by atoms with Crippen LogP contribution in [0.3, 0.4) is 0 Å². The second kappa shape index (κ2) is 5.23. The van der Waals surface area contributed by atoms with Gasteiger partial charge in [0.05, 0.1) is 5.69 Å². The number of nitrogens with zero attached hydrogens (tertiary/aromatic N) is 2. The van der Waals surface area contributed by atoms with Crippen LogP contribution in [0.15, 0.2) is 24.3 Å². The molecule has 18 heavy (non-hydrogen) atoms. The van der Waals surface area contributed by atoms with Crippen LogP contribution in [0.4, 0.5) is 5.69 Å². The third kappa shape index (κ3) is 2.90. The van der Waals surface area contributed by atoms with Crippen LogP contribution in [0.25, 0.3) is 0 Å². The lowest BCUT2D eigenvalue weighted by Crippen LogP contribution is -1.97. The summed E-state index contributed by atoms with van der Waals surface area (Å²) in [5.74, 6) is 1.05. The van der Waals surface area contributed by atoms with Gasteiger partial charge in [0.2, 0.25) is 5.88 Å². The lowest BCUT2D eigenvalue weighted by Gasteiger charge is -2.09. The molecule has 5 heteroatoms. The first-order valence-corrected chi connectivity index (χ1v) is 6.03. The molecule has 0 bridgehead atoms. The zero-order valence-electron chi connectivity index (χ0n) is 10.3. The first-order chi connectivity index (χ1) is 8.58. The topological polar surface area (TPSA) is 61.0 Å². The molecule has 4 nitrogen and oxygen atoms in total. The van der Waals surface area contributed by atoms with Gasteiger partial charge in [-0.15, -0.1) is 0 Å². The molecule has 0 unspecified atom stereocenters. The number of ether oxygens (including phenoxy) is 1. The summed E-state index contributed by atoms with van der Waals surface area (Å²) in [5.41, 5.74) is 8.05. The molecule has 0 saturated heterocycles. The Bertz CT molecular complexity index is 552. The number of anilines is 1. The number of nitrogens with two attached hydrogens (primary N) is 1. The second-order valence-electron chi connectivity index (χ2n) is 3.91. The molecular weight excluding hydrogens is 250 g/mol. The van der Waals surface area contributed by atoms with Crippen LogP contribution >= 0.6 is 11.6 Å². The van der Waals surface area contributed by atoms with E-state index in [9.17, 15) is 0 Å².